The normalized spacial score (nSPS) is 10.8. The summed E-state index contributed by atoms with van der Waals surface area (Å²) in [6, 6.07) is 35.6. The predicted molar refractivity (Wildman–Crippen MR) is 211 cm³/mol. The van der Waals surface area contributed by atoms with Crippen molar-refractivity contribution in [3.05, 3.63) is 144 Å². The van der Waals surface area contributed by atoms with Gasteiger partial charge in [-0.15, -0.1) is 36.6 Å². The third kappa shape index (κ3) is 11.1. The molecule has 8 nitrogen and oxygen atoms in total. The van der Waals surface area contributed by atoms with Crippen molar-refractivity contribution in [2.45, 2.75) is 48.5 Å². The van der Waals surface area contributed by atoms with E-state index in [4.69, 9.17) is 4.98 Å². The number of thioether (sulfide) groups is 1. The van der Waals surface area contributed by atoms with Crippen LogP contribution < -0.4 is 10.6 Å². The van der Waals surface area contributed by atoms with Gasteiger partial charge in [0.2, 0.25) is 0 Å². The van der Waals surface area contributed by atoms with E-state index in [0.29, 0.717) is 17.3 Å². The number of nitrogens with one attached hydrogen (secondary N) is 2. The van der Waals surface area contributed by atoms with Crippen molar-refractivity contribution < 1.29 is 8.42 Å². The molecule has 2 heterocycles. The first kappa shape index (κ1) is 40.5. The Morgan fingerprint density at radius 1 is 0.620 bits per heavy atom. The van der Waals surface area contributed by atoms with Crippen LogP contribution in [0.3, 0.4) is 0 Å². The van der Waals surface area contributed by atoms with Crippen LogP contribution in [0.15, 0.2) is 131 Å². The van der Waals surface area contributed by atoms with Crippen LogP contribution in [0.5, 0.6) is 0 Å². The Kier molecular flexibility index (Phi) is 15.8. The van der Waals surface area contributed by atoms with E-state index in [-0.39, 0.29) is 30.7 Å². The van der Waals surface area contributed by atoms with Gasteiger partial charge in [0.05, 0.1) is 22.2 Å². The zero-order valence-corrected chi connectivity index (χ0v) is 31.9. The fourth-order valence-electron chi connectivity index (χ4n) is 5.09. The van der Waals surface area contributed by atoms with Crippen molar-refractivity contribution >= 4 is 46.4 Å². The maximum Gasteiger partial charge on any atom is 0.196 e. The molecule has 0 aliphatic rings. The number of aromatic nitrogens is 4. The van der Waals surface area contributed by atoms with Crippen molar-refractivity contribution in [1.82, 2.24) is 29.7 Å². The largest absolute Gasteiger partial charge is 0.321 e. The standard InChI is InChI=1S/C19H21N3O2S.C19H21N3S.2ClH/c1-15-8-10-18(11-9-15)25(23,24)14-22-13-17(12-20-2)21-19(22)16-6-4-3-5-7-16;1-15-8-10-18(11-9-15)23-14-22-13-17(12-20-2)21-19(22)16-6-4-3-5-7-16;;/h3-11,13,20H,12,14H2,1-2H3;3-11,13,20H,12,14H2,1-2H3;2*1H. The summed E-state index contributed by atoms with van der Waals surface area (Å²) in [7, 11) is 0.325. The number of aryl methyl sites for hydroxylation is 2. The molecule has 50 heavy (non-hydrogen) atoms. The third-order valence-electron chi connectivity index (χ3n) is 7.51. The highest BCUT2D eigenvalue weighted by molar-refractivity contribution is 7.98. The van der Waals surface area contributed by atoms with Gasteiger partial charge in [0.25, 0.3) is 0 Å². The fraction of sp³-hybridized carbons (Fsp3) is 0.211. The summed E-state index contributed by atoms with van der Waals surface area (Å²) < 4.78 is 29.5. The quantitative estimate of drug-likeness (QED) is 0.122. The number of sulfone groups is 1. The lowest BCUT2D eigenvalue weighted by molar-refractivity contribution is 0.584. The first-order valence-electron chi connectivity index (χ1n) is 15.8. The van der Waals surface area contributed by atoms with E-state index in [1.165, 1.54) is 10.5 Å². The van der Waals surface area contributed by atoms with Gasteiger partial charge in [-0.05, 0) is 52.2 Å². The van der Waals surface area contributed by atoms with Crippen molar-refractivity contribution in [3.8, 4) is 22.8 Å². The van der Waals surface area contributed by atoms with E-state index in [9.17, 15) is 8.42 Å². The van der Waals surface area contributed by atoms with Gasteiger partial charge in [-0.1, -0.05) is 96.1 Å². The molecule has 0 unspecified atom stereocenters. The summed E-state index contributed by atoms with van der Waals surface area (Å²) in [5.74, 6) is 2.39. The number of halogens is 2. The Hall–Kier alpha value is -3.90. The number of imidazole rings is 2. The minimum atomic E-state index is -3.46. The minimum Gasteiger partial charge on any atom is -0.321 e. The molecule has 0 saturated carbocycles. The lowest BCUT2D eigenvalue weighted by atomic mass is 10.2. The molecule has 4 aromatic carbocycles. The minimum absolute atomic E-state index is 0. The fourth-order valence-corrected chi connectivity index (χ4v) is 7.16. The highest BCUT2D eigenvalue weighted by Gasteiger charge is 2.19. The highest BCUT2D eigenvalue weighted by Crippen LogP contribution is 2.26. The summed E-state index contributed by atoms with van der Waals surface area (Å²) >= 11 is 1.83. The van der Waals surface area contributed by atoms with E-state index in [1.54, 1.807) is 22.9 Å². The maximum absolute atomic E-state index is 12.8. The monoisotopic (exact) mass is 750 g/mol. The second kappa shape index (κ2) is 19.5. The van der Waals surface area contributed by atoms with Gasteiger partial charge in [0.1, 0.15) is 17.5 Å². The van der Waals surface area contributed by atoms with E-state index in [1.807, 2.05) is 81.3 Å². The molecule has 2 N–H and O–H groups in total. The summed E-state index contributed by atoms with van der Waals surface area (Å²) in [5, 5.41) is 6.22. The lowest BCUT2D eigenvalue weighted by Crippen LogP contribution is -2.12. The van der Waals surface area contributed by atoms with Crippen LogP contribution in [0.1, 0.15) is 22.5 Å². The number of hydrogen-bond donors (Lipinski definition) is 2. The Bertz CT molecular complexity index is 2000. The highest BCUT2D eigenvalue weighted by atomic mass is 35.5. The molecule has 0 fully saturated rings. The lowest BCUT2D eigenvalue weighted by Gasteiger charge is -2.09. The molecule has 0 atom stereocenters. The van der Waals surface area contributed by atoms with Crippen LogP contribution in [-0.4, -0.2) is 41.6 Å². The third-order valence-corrected chi connectivity index (χ3v) is 10.1. The van der Waals surface area contributed by atoms with Gasteiger partial charge in [0, 0.05) is 41.5 Å². The first-order chi connectivity index (χ1) is 23.3. The zero-order valence-electron chi connectivity index (χ0n) is 28.6. The molecule has 6 aromatic rings. The predicted octanol–water partition coefficient (Wildman–Crippen LogP) is 8.18. The number of rotatable bonds is 12. The maximum atomic E-state index is 12.8. The van der Waals surface area contributed by atoms with Crippen LogP contribution in [-0.2, 0) is 34.7 Å². The Morgan fingerprint density at radius 2 is 1.06 bits per heavy atom. The van der Waals surface area contributed by atoms with E-state index < -0.39 is 9.84 Å². The van der Waals surface area contributed by atoms with Crippen molar-refractivity contribution in [2.24, 2.45) is 0 Å². The molecule has 6 rings (SSSR count). The number of hydrogen-bond acceptors (Lipinski definition) is 7. The van der Waals surface area contributed by atoms with Crippen LogP contribution in [0, 0.1) is 13.8 Å². The molecule has 0 aliphatic carbocycles. The van der Waals surface area contributed by atoms with Crippen LogP contribution in [0.25, 0.3) is 22.8 Å². The zero-order chi connectivity index (χ0) is 33.9. The topological polar surface area (TPSA) is 93.8 Å². The van der Waals surface area contributed by atoms with Crippen molar-refractivity contribution in [3.63, 3.8) is 0 Å². The van der Waals surface area contributed by atoms with Crippen LogP contribution in [0.4, 0.5) is 0 Å². The average molecular weight is 752 g/mol. The molecule has 12 heteroatoms. The van der Waals surface area contributed by atoms with Crippen LogP contribution in [0.2, 0.25) is 0 Å². The molecular formula is C38H44Cl2N6O2S2. The molecular weight excluding hydrogens is 707 g/mol. The second-order valence-corrected chi connectivity index (χ2v) is 14.5. The molecule has 0 aliphatic heterocycles. The molecule has 0 spiro atoms. The van der Waals surface area contributed by atoms with Gasteiger partial charge in [-0.3, -0.25) is 0 Å². The molecule has 0 amide bonds. The van der Waals surface area contributed by atoms with Gasteiger partial charge in [-0.25, -0.2) is 18.4 Å². The summed E-state index contributed by atoms with van der Waals surface area (Å²) in [6.45, 7) is 5.41. The SMILES string of the molecule is CNCc1cn(CS(=O)(=O)c2ccc(C)cc2)c(-c2ccccc2)n1.CNCc1cn(CSc2ccc(C)cc2)c(-c2ccccc2)n1.Cl.Cl. The van der Waals surface area contributed by atoms with E-state index in [0.717, 1.165) is 46.3 Å². The Balaban J connectivity index is 0.000000261. The smallest absolute Gasteiger partial charge is 0.196 e. The van der Waals surface area contributed by atoms with Crippen LogP contribution >= 0.6 is 36.6 Å². The van der Waals surface area contributed by atoms with Gasteiger partial charge >= 0.3 is 0 Å². The summed E-state index contributed by atoms with van der Waals surface area (Å²) in [6.07, 6.45) is 3.94. The molecule has 0 saturated heterocycles. The number of benzene rings is 4. The molecule has 2 aromatic heterocycles. The number of nitrogens with zero attached hydrogens (tertiary/aromatic N) is 4. The Morgan fingerprint density at radius 3 is 1.54 bits per heavy atom. The Labute approximate surface area is 312 Å². The van der Waals surface area contributed by atoms with E-state index in [2.05, 4.69) is 81.8 Å². The van der Waals surface area contributed by atoms with E-state index >= 15 is 0 Å². The van der Waals surface area contributed by atoms with Crippen molar-refractivity contribution in [2.75, 3.05) is 14.1 Å². The van der Waals surface area contributed by atoms with Gasteiger partial charge in [-0.2, -0.15) is 0 Å². The second-order valence-electron chi connectivity index (χ2n) is 11.5. The first-order valence-corrected chi connectivity index (χ1v) is 18.4. The van der Waals surface area contributed by atoms with Gasteiger partial charge in [0.15, 0.2) is 9.84 Å². The molecule has 0 bridgehead atoms. The molecule has 0 radical (unpaired) electrons. The van der Waals surface area contributed by atoms with Crippen molar-refractivity contribution in [1.29, 1.82) is 0 Å². The summed E-state index contributed by atoms with van der Waals surface area (Å²) in [4.78, 5) is 11.0. The average Bonchev–Trinajstić information content (AvgIpc) is 3.69. The van der Waals surface area contributed by atoms with Gasteiger partial charge < -0.3 is 19.8 Å². The molecule has 264 valence electrons. The summed E-state index contributed by atoms with van der Waals surface area (Å²) in [5.41, 5.74) is 6.24.